The van der Waals surface area contributed by atoms with E-state index in [-0.39, 0.29) is 0 Å². The summed E-state index contributed by atoms with van der Waals surface area (Å²) >= 11 is 0. The molecular weight excluding hydrogens is 224 g/mol. The van der Waals surface area contributed by atoms with Crippen LogP contribution in [0.25, 0.3) is 0 Å². The normalized spacial score (nSPS) is 10.6. The molecule has 0 bridgehead atoms. The molecule has 1 heterocycles. The van der Waals surface area contributed by atoms with Crippen molar-refractivity contribution in [3.05, 3.63) is 41.6 Å². The molecule has 96 valence electrons. The Bertz CT molecular complexity index is 510. The van der Waals surface area contributed by atoms with Gasteiger partial charge in [0.1, 0.15) is 5.82 Å². The summed E-state index contributed by atoms with van der Waals surface area (Å²) in [6.07, 6.45) is 1.91. The SMILES string of the molecule is Cc1cc(C)cc(N(C)CCn2ccc(N)n2)c1. The van der Waals surface area contributed by atoms with Gasteiger partial charge < -0.3 is 10.6 Å². The molecule has 0 saturated carbocycles. The summed E-state index contributed by atoms with van der Waals surface area (Å²) in [5.41, 5.74) is 9.42. The van der Waals surface area contributed by atoms with E-state index in [1.165, 1.54) is 16.8 Å². The zero-order valence-corrected chi connectivity index (χ0v) is 11.2. The average molecular weight is 244 g/mol. The van der Waals surface area contributed by atoms with Crippen molar-refractivity contribution in [3.63, 3.8) is 0 Å². The number of nitrogen functional groups attached to an aromatic ring is 1. The van der Waals surface area contributed by atoms with Crippen LogP contribution in [-0.2, 0) is 6.54 Å². The van der Waals surface area contributed by atoms with Crippen molar-refractivity contribution in [3.8, 4) is 0 Å². The first-order valence-corrected chi connectivity index (χ1v) is 6.13. The number of nitrogens with zero attached hydrogens (tertiary/aromatic N) is 3. The molecule has 0 unspecified atom stereocenters. The quantitative estimate of drug-likeness (QED) is 0.897. The van der Waals surface area contributed by atoms with Gasteiger partial charge in [0.05, 0.1) is 6.54 Å². The van der Waals surface area contributed by atoms with Gasteiger partial charge in [0.25, 0.3) is 0 Å². The third kappa shape index (κ3) is 3.03. The smallest absolute Gasteiger partial charge is 0.145 e. The molecule has 0 aliphatic carbocycles. The lowest BCUT2D eigenvalue weighted by atomic mass is 10.1. The molecule has 4 nitrogen and oxygen atoms in total. The van der Waals surface area contributed by atoms with Gasteiger partial charge in [-0.05, 0) is 43.2 Å². The van der Waals surface area contributed by atoms with Gasteiger partial charge in [-0.15, -0.1) is 0 Å². The van der Waals surface area contributed by atoms with Crippen LogP contribution in [0.1, 0.15) is 11.1 Å². The number of aromatic nitrogens is 2. The first kappa shape index (κ1) is 12.5. The lowest BCUT2D eigenvalue weighted by molar-refractivity contribution is 0.614. The minimum absolute atomic E-state index is 0.573. The molecule has 4 heteroatoms. The molecule has 0 fully saturated rings. The first-order chi connectivity index (χ1) is 8.54. The van der Waals surface area contributed by atoms with Crippen LogP contribution in [0.3, 0.4) is 0 Å². The lowest BCUT2D eigenvalue weighted by Crippen LogP contribution is -2.23. The Morgan fingerprint density at radius 2 is 1.89 bits per heavy atom. The van der Waals surface area contributed by atoms with E-state index in [9.17, 15) is 0 Å². The van der Waals surface area contributed by atoms with Crippen molar-refractivity contribution in [2.75, 3.05) is 24.2 Å². The number of anilines is 2. The molecule has 0 saturated heterocycles. The Balaban J connectivity index is 2.01. The highest BCUT2D eigenvalue weighted by Crippen LogP contribution is 2.17. The second kappa shape index (κ2) is 5.12. The Kier molecular flexibility index (Phi) is 3.55. The summed E-state index contributed by atoms with van der Waals surface area (Å²) < 4.78 is 1.87. The topological polar surface area (TPSA) is 47.1 Å². The zero-order chi connectivity index (χ0) is 13.1. The van der Waals surface area contributed by atoms with Gasteiger partial charge in [0.15, 0.2) is 0 Å². The van der Waals surface area contributed by atoms with Gasteiger partial charge in [0.2, 0.25) is 0 Å². The van der Waals surface area contributed by atoms with Crippen molar-refractivity contribution in [1.82, 2.24) is 9.78 Å². The van der Waals surface area contributed by atoms with Crippen LogP contribution >= 0.6 is 0 Å². The van der Waals surface area contributed by atoms with Gasteiger partial charge in [0, 0.05) is 25.5 Å². The third-order valence-corrected chi connectivity index (χ3v) is 2.97. The van der Waals surface area contributed by atoms with Crippen LogP contribution in [0, 0.1) is 13.8 Å². The number of benzene rings is 1. The van der Waals surface area contributed by atoms with Crippen LogP contribution < -0.4 is 10.6 Å². The molecule has 2 N–H and O–H groups in total. The summed E-state index contributed by atoms with van der Waals surface area (Å²) in [4.78, 5) is 2.23. The highest BCUT2D eigenvalue weighted by Gasteiger charge is 2.03. The average Bonchev–Trinajstić information content (AvgIpc) is 2.70. The molecule has 1 aromatic heterocycles. The fourth-order valence-corrected chi connectivity index (χ4v) is 2.05. The lowest BCUT2D eigenvalue weighted by Gasteiger charge is -2.20. The highest BCUT2D eigenvalue weighted by atomic mass is 15.3. The molecular formula is C14H20N4. The summed E-state index contributed by atoms with van der Waals surface area (Å²) in [6, 6.07) is 8.40. The van der Waals surface area contributed by atoms with Gasteiger partial charge in [-0.2, -0.15) is 5.10 Å². The van der Waals surface area contributed by atoms with Crippen LogP contribution in [0.15, 0.2) is 30.5 Å². The van der Waals surface area contributed by atoms with Crippen molar-refractivity contribution in [2.24, 2.45) is 0 Å². The number of aryl methyl sites for hydroxylation is 2. The Morgan fingerprint density at radius 3 is 2.44 bits per heavy atom. The number of nitrogens with two attached hydrogens (primary N) is 1. The van der Waals surface area contributed by atoms with E-state index in [4.69, 9.17) is 5.73 Å². The van der Waals surface area contributed by atoms with Gasteiger partial charge in [-0.1, -0.05) is 6.07 Å². The second-order valence-corrected chi connectivity index (χ2v) is 4.77. The molecule has 0 amide bonds. The Morgan fingerprint density at radius 1 is 1.22 bits per heavy atom. The van der Waals surface area contributed by atoms with Crippen LogP contribution in [0.5, 0.6) is 0 Å². The minimum atomic E-state index is 0.573. The number of hydrogen-bond acceptors (Lipinski definition) is 3. The molecule has 18 heavy (non-hydrogen) atoms. The first-order valence-electron chi connectivity index (χ1n) is 6.13. The minimum Gasteiger partial charge on any atom is -0.382 e. The summed E-state index contributed by atoms with van der Waals surface area (Å²) in [6.45, 7) is 5.99. The third-order valence-electron chi connectivity index (χ3n) is 2.97. The fourth-order valence-electron chi connectivity index (χ4n) is 2.05. The van der Waals surface area contributed by atoms with E-state index in [1.54, 1.807) is 0 Å². The van der Waals surface area contributed by atoms with Crippen molar-refractivity contribution < 1.29 is 0 Å². The van der Waals surface area contributed by atoms with Gasteiger partial charge in [-0.3, -0.25) is 4.68 Å². The number of hydrogen-bond donors (Lipinski definition) is 1. The van der Waals surface area contributed by atoms with Crippen molar-refractivity contribution >= 4 is 11.5 Å². The van der Waals surface area contributed by atoms with Crippen molar-refractivity contribution in [2.45, 2.75) is 20.4 Å². The molecule has 0 spiro atoms. The zero-order valence-electron chi connectivity index (χ0n) is 11.2. The predicted molar refractivity (Wildman–Crippen MR) is 75.8 cm³/mol. The van der Waals surface area contributed by atoms with E-state index in [0.717, 1.165) is 13.1 Å². The standard InChI is InChI=1S/C14H20N4/c1-11-8-12(2)10-13(9-11)17(3)6-7-18-5-4-14(15)16-18/h4-5,8-10H,6-7H2,1-3H3,(H2,15,16). The monoisotopic (exact) mass is 244 g/mol. The maximum atomic E-state index is 5.59. The maximum absolute atomic E-state index is 5.59. The number of rotatable bonds is 4. The molecule has 1 aromatic carbocycles. The largest absolute Gasteiger partial charge is 0.382 e. The van der Waals surface area contributed by atoms with E-state index < -0.39 is 0 Å². The molecule has 0 radical (unpaired) electrons. The van der Waals surface area contributed by atoms with Crippen LogP contribution in [-0.4, -0.2) is 23.4 Å². The maximum Gasteiger partial charge on any atom is 0.145 e. The van der Waals surface area contributed by atoms with Crippen LogP contribution in [0.2, 0.25) is 0 Å². The summed E-state index contributed by atoms with van der Waals surface area (Å²) in [5, 5.41) is 4.18. The highest BCUT2D eigenvalue weighted by molar-refractivity contribution is 5.50. The van der Waals surface area contributed by atoms with Gasteiger partial charge >= 0.3 is 0 Å². The molecule has 0 aliphatic heterocycles. The van der Waals surface area contributed by atoms with Crippen LogP contribution in [0.4, 0.5) is 11.5 Å². The van der Waals surface area contributed by atoms with Crippen molar-refractivity contribution in [1.29, 1.82) is 0 Å². The number of likely N-dealkylation sites (N-methyl/N-ethyl adjacent to an activating group) is 1. The molecule has 0 aliphatic rings. The van der Waals surface area contributed by atoms with E-state index in [1.807, 2.05) is 16.9 Å². The fraction of sp³-hybridized carbons (Fsp3) is 0.357. The summed E-state index contributed by atoms with van der Waals surface area (Å²) in [7, 11) is 2.10. The van der Waals surface area contributed by atoms with Gasteiger partial charge in [-0.25, -0.2) is 0 Å². The molecule has 2 aromatic rings. The van der Waals surface area contributed by atoms with E-state index >= 15 is 0 Å². The molecule has 0 atom stereocenters. The Labute approximate surface area is 108 Å². The predicted octanol–water partition coefficient (Wildman–Crippen LogP) is 2.22. The van der Waals surface area contributed by atoms with E-state index in [2.05, 4.69) is 49.1 Å². The molecule has 2 rings (SSSR count). The van der Waals surface area contributed by atoms with E-state index in [0.29, 0.717) is 5.82 Å². The second-order valence-electron chi connectivity index (χ2n) is 4.77. The summed E-state index contributed by atoms with van der Waals surface area (Å²) in [5.74, 6) is 0.573. The Hall–Kier alpha value is -1.97.